The first kappa shape index (κ1) is 16.2. The highest BCUT2D eigenvalue weighted by Gasteiger charge is 2.21. The molecule has 0 aromatic carbocycles. The molecule has 0 aliphatic carbocycles. The van der Waals surface area contributed by atoms with E-state index in [9.17, 15) is 0 Å². The molecule has 4 heteroatoms. The SMILES string of the molecule is Cc1cc(N2CCC(CNC(C)C)CC2)nc(C(C)C)n1. The molecule has 1 aliphatic rings. The van der Waals surface area contributed by atoms with Crippen molar-refractivity contribution in [2.24, 2.45) is 5.92 Å². The van der Waals surface area contributed by atoms with Crippen molar-refractivity contribution in [1.82, 2.24) is 15.3 Å². The molecule has 0 saturated carbocycles. The van der Waals surface area contributed by atoms with Crippen molar-refractivity contribution < 1.29 is 0 Å². The highest BCUT2D eigenvalue weighted by atomic mass is 15.2. The predicted molar refractivity (Wildman–Crippen MR) is 88.9 cm³/mol. The molecule has 2 rings (SSSR count). The molecule has 1 saturated heterocycles. The third-order valence-electron chi connectivity index (χ3n) is 4.13. The summed E-state index contributed by atoms with van der Waals surface area (Å²) in [6, 6.07) is 2.71. The first-order valence-electron chi connectivity index (χ1n) is 8.29. The van der Waals surface area contributed by atoms with E-state index in [0.717, 1.165) is 42.9 Å². The van der Waals surface area contributed by atoms with Gasteiger partial charge in [0, 0.05) is 36.8 Å². The summed E-state index contributed by atoms with van der Waals surface area (Å²) in [5.41, 5.74) is 1.08. The number of aryl methyl sites for hydroxylation is 1. The first-order chi connectivity index (χ1) is 9.95. The molecule has 4 nitrogen and oxygen atoms in total. The largest absolute Gasteiger partial charge is 0.356 e. The Balaban J connectivity index is 1.96. The average molecular weight is 290 g/mol. The Morgan fingerprint density at radius 3 is 2.43 bits per heavy atom. The monoisotopic (exact) mass is 290 g/mol. The minimum absolute atomic E-state index is 0.386. The fourth-order valence-corrected chi connectivity index (χ4v) is 2.76. The molecule has 0 spiro atoms. The van der Waals surface area contributed by atoms with Crippen LogP contribution in [0.15, 0.2) is 6.07 Å². The van der Waals surface area contributed by atoms with Gasteiger partial charge >= 0.3 is 0 Å². The van der Waals surface area contributed by atoms with Crippen LogP contribution >= 0.6 is 0 Å². The molecule has 118 valence electrons. The first-order valence-corrected chi connectivity index (χ1v) is 8.29. The van der Waals surface area contributed by atoms with E-state index in [4.69, 9.17) is 4.98 Å². The molecule has 2 heterocycles. The van der Waals surface area contributed by atoms with Crippen molar-refractivity contribution in [3.63, 3.8) is 0 Å². The van der Waals surface area contributed by atoms with Gasteiger partial charge in [-0.25, -0.2) is 9.97 Å². The van der Waals surface area contributed by atoms with Crippen LogP contribution in [0.2, 0.25) is 0 Å². The summed E-state index contributed by atoms with van der Waals surface area (Å²) in [5, 5.41) is 3.56. The summed E-state index contributed by atoms with van der Waals surface area (Å²) in [6.07, 6.45) is 2.50. The van der Waals surface area contributed by atoms with Crippen LogP contribution in [0.4, 0.5) is 5.82 Å². The van der Waals surface area contributed by atoms with E-state index in [0.29, 0.717) is 12.0 Å². The number of piperidine rings is 1. The van der Waals surface area contributed by atoms with Crippen molar-refractivity contribution in [2.75, 3.05) is 24.5 Å². The van der Waals surface area contributed by atoms with Gasteiger partial charge in [-0.1, -0.05) is 27.7 Å². The van der Waals surface area contributed by atoms with Crippen molar-refractivity contribution in [3.05, 3.63) is 17.6 Å². The number of hydrogen-bond donors (Lipinski definition) is 1. The Hall–Kier alpha value is -1.16. The molecule has 1 aromatic rings. The lowest BCUT2D eigenvalue weighted by molar-refractivity contribution is 0.369. The van der Waals surface area contributed by atoms with E-state index >= 15 is 0 Å². The van der Waals surface area contributed by atoms with E-state index < -0.39 is 0 Å². The minimum Gasteiger partial charge on any atom is -0.356 e. The van der Waals surface area contributed by atoms with Crippen molar-refractivity contribution >= 4 is 5.82 Å². The summed E-state index contributed by atoms with van der Waals surface area (Å²) in [5.74, 6) is 3.27. The zero-order valence-corrected chi connectivity index (χ0v) is 14.2. The van der Waals surface area contributed by atoms with Gasteiger partial charge in [-0.15, -0.1) is 0 Å². The lowest BCUT2D eigenvalue weighted by Gasteiger charge is -2.33. The van der Waals surface area contributed by atoms with Gasteiger partial charge in [0.1, 0.15) is 11.6 Å². The number of rotatable bonds is 5. The van der Waals surface area contributed by atoms with Crippen molar-refractivity contribution in [1.29, 1.82) is 0 Å². The standard InChI is InChI=1S/C17H30N4/c1-12(2)17-19-14(5)10-16(20-17)21-8-6-15(7-9-21)11-18-13(3)4/h10,12-13,15,18H,6-9,11H2,1-5H3. The quantitative estimate of drug-likeness (QED) is 0.904. The van der Waals surface area contributed by atoms with E-state index in [1.54, 1.807) is 0 Å². The Labute approximate surface area is 129 Å². The Morgan fingerprint density at radius 2 is 1.86 bits per heavy atom. The van der Waals surface area contributed by atoms with Gasteiger partial charge in [-0.05, 0) is 32.2 Å². The molecule has 0 atom stereocenters. The van der Waals surface area contributed by atoms with Gasteiger partial charge in [-0.2, -0.15) is 0 Å². The number of aromatic nitrogens is 2. The van der Waals surface area contributed by atoms with Crippen LogP contribution in [0.1, 0.15) is 58.0 Å². The fraction of sp³-hybridized carbons (Fsp3) is 0.765. The van der Waals surface area contributed by atoms with Crippen LogP contribution in [0.3, 0.4) is 0 Å². The van der Waals surface area contributed by atoms with Gasteiger partial charge in [0.05, 0.1) is 0 Å². The summed E-state index contributed by atoms with van der Waals surface area (Å²) >= 11 is 0. The second-order valence-electron chi connectivity index (χ2n) is 6.87. The summed E-state index contributed by atoms with van der Waals surface area (Å²) in [4.78, 5) is 11.7. The molecule has 1 fully saturated rings. The zero-order valence-electron chi connectivity index (χ0n) is 14.2. The predicted octanol–water partition coefficient (Wildman–Crippen LogP) is 3.12. The Bertz CT molecular complexity index is 448. The van der Waals surface area contributed by atoms with Crippen LogP contribution in [0.25, 0.3) is 0 Å². The van der Waals surface area contributed by atoms with Crippen molar-refractivity contribution in [2.45, 2.75) is 59.4 Å². The van der Waals surface area contributed by atoms with Gasteiger partial charge in [0.25, 0.3) is 0 Å². The number of nitrogens with zero attached hydrogens (tertiary/aromatic N) is 3. The van der Waals surface area contributed by atoms with Crippen LogP contribution in [-0.4, -0.2) is 35.6 Å². The van der Waals surface area contributed by atoms with Gasteiger partial charge in [0.2, 0.25) is 0 Å². The summed E-state index contributed by atoms with van der Waals surface area (Å²) in [7, 11) is 0. The van der Waals surface area contributed by atoms with Crippen LogP contribution < -0.4 is 10.2 Å². The third kappa shape index (κ3) is 4.67. The topological polar surface area (TPSA) is 41.0 Å². The lowest BCUT2D eigenvalue weighted by Crippen LogP contribution is -2.39. The number of anilines is 1. The van der Waals surface area contributed by atoms with E-state index in [2.05, 4.69) is 55.9 Å². The van der Waals surface area contributed by atoms with Crippen molar-refractivity contribution in [3.8, 4) is 0 Å². The molecule has 1 N–H and O–H groups in total. The van der Waals surface area contributed by atoms with E-state index in [1.165, 1.54) is 12.8 Å². The van der Waals surface area contributed by atoms with Gasteiger partial charge in [0.15, 0.2) is 0 Å². The fourth-order valence-electron chi connectivity index (χ4n) is 2.76. The van der Waals surface area contributed by atoms with E-state index in [-0.39, 0.29) is 0 Å². The Kier molecular flexibility index (Phi) is 5.57. The second-order valence-corrected chi connectivity index (χ2v) is 6.87. The molecule has 0 bridgehead atoms. The average Bonchev–Trinajstić information content (AvgIpc) is 2.45. The van der Waals surface area contributed by atoms with Gasteiger partial charge in [-0.3, -0.25) is 0 Å². The number of nitrogens with one attached hydrogen (secondary N) is 1. The third-order valence-corrected chi connectivity index (χ3v) is 4.13. The number of hydrogen-bond acceptors (Lipinski definition) is 4. The maximum Gasteiger partial charge on any atom is 0.133 e. The Morgan fingerprint density at radius 1 is 1.19 bits per heavy atom. The maximum absolute atomic E-state index is 4.76. The molecule has 1 aromatic heterocycles. The van der Waals surface area contributed by atoms with Gasteiger partial charge < -0.3 is 10.2 Å². The lowest BCUT2D eigenvalue weighted by atomic mass is 9.96. The highest BCUT2D eigenvalue weighted by molar-refractivity contribution is 5.40. The molecule has 0 amide bonds. The summed E-state index contributed by atoms with van der Waals surface area (Å²) in [6.45, 7) is 14.2. The molecule has 0 unspecified atom stereocenters. The minimum atomic E-state index is 0.386. The van der Waals surface area contributed by atoms with Crippen LogP contribution in [-0.2, 0) is 0 Å². The zero-order chi connectivity index (χ0) is 15.4. The van der Waals surface area contributed by atoms with E-state index in [1.807, 2.05) is 0 Å². The molecule has 0 radical (unpaired) electrons. The summed E-state index contributed by atoms with van der Waals surface area (Å²) < 4.78 is 0. The smallest absolute Gasteiger partial charge is 0.133 e. The molecule has 21 heavy (non-hydrogen) atoms. The molecular formula is C17H30N4. The molecular weight excluding hydrogens is 260 g/mol. The molecule has 1 aliphatic heterocycles. The normalized spacial score (nSPS) is 17.0. The maximum atomic E-state index is 4.76. The highest BCUT2D eigenvalue weighted by Crippen LogP contribution is 2.23. The van der Waals surface area contributed by atoms with Crippen LogP contribution in [0, 0.1) is 12.8 Å². The van der Waals surface area contributed by atoms with Crippen LogP contribution in [0.5, 0.6) is 0 Å². The second kappa shape index (κ2) is 7.21.